The summed E-state index contributed by atoms with van der Waals surface area (Å²) >= 11 is 0. The van der Waals surface area contributed by atoms with E-state index in [4.69, 9.17) is 4.74 Å². The summed E-state index contributed by atoms with van der Waals surface area (Å²) in [6, 6.07) is 14.4. The lowest BCUT2D eigenvalue weighted by molar-refractivity contribution is -0.144. The van der Waals surface area contributed by atoms with Crippen molar-refractivity contribution in [2.75, 3.05) is 6.61 Å². The van der Waals surface area contributed by atoms with Crippen LogP contribution in [0.3, 0.4) is 0 Å². The van der Waals surface area contributed by atoms with Crippen LogP contribution in [0.15, 0.2) is 48.5 Å². The summed E-state index contributed by atoms with van der Waals surface area (Å²) in [5, 5.41) is 14.9. The van der Waals surface area contributed by atoms with Gasteiger partial charge in [-0.1, -0.05) is 74.7 Å². The van der Waals surface area contributed by atoms with Gasteiger partial charge in [0.05, 0.1) is 0 Å². The average Bonchev–Trinajstić information content (AvgIpc) is 3.12. The second kappa shape index (κ2) is 10.7. The van der Waals surface area contributed by atoms with Gasteiger partial charge in [0.1, 0.15) is 18.7 Å². The molecule has 2 atom stereocenters. The summed E-state index contributed by atoms with van der Waals surface area (Å²) in [6.45, 7) is 2.15. The monoisotopic (exact) mass is 464 g/mol. The summed E-state index contributed by atoms with van der Waals surface area (Å²) in [5.41, 5.74) is 4.51. The molecule has 0 radical (unpaired) electrons. The third kappa shape index (κ3) is 5.08. The lowest BCUT2D eigenvalue weighted by Crippen LogP contribution is -2.54. The Hall–Kier alpha value is -3.35. The Balaban J connectivity index is 1.39. The van der Waals surface area contributed by atoms with Gasteiger partial charge in [-0.15, -0.1) is 0 Å². The number of carbonyl (C=O) groups excluding carboxylic acids is 2. The number of aliphatic carboxylic acids is 1. The molecule has 7 heteroatoms. The fourth-order valence-corrected chi connectivity index (χ4v) is 4.87. The van der Waals surface area contributed by atoms with Gasteiger partial charge in [0.2, 0.25) is 5.91 Å². The van der Waals surface area contributed by atoms with E-state index < -0.39 is 30.1 Å². The Morgan fingerprint density at radius 2 is 1.62 bits per heavy atom. The van der Waals surface area contributed by atoms with Crippen LogP contribution < -0.4 is 10.6 Å². The van der Waals surface area contributed by atoms with Crippen molar-refractivity contribution in [2.24, 2.45) is 5.92 Å². The van der Waals surface area contributed by atoms with Gasteiger partial charge in [0, 0.05) is 5.92 Å². The van der Waals surface area contributed by atoms with Crippen LogP contribution in [0.4, 0.5) is 4.79 Å². The molecule has 2 amide bonds. The Labute approximate surface area is 199 Å². The molecule has 1 saturated carbocycles. The molecule has 2 aliphatic rings. The third-order valence-electron chi connectivity index (χ3n) is 6.98. The topological polar surface area (TPSA) is 105 Å². The highest BCUT2D eigenvalue weighted by Gasteiger charge is 2.36. The Bertz CT molecular complexity index is 1000. The number of unbranched alkanes of at least 4 members (excludes halogenated alkanes) is 1. The van der Waals surface area contributed by atoms with E-state index in [1.807, 2.05) is 43.3 Å². The van der Waals surface area contributed by atoms with E-state index in [-0.39, 0.29) is 18.4 Å². The van der Waals surface area contributed by atoms with Crippen molar-refractivity contribution in [1.29, 1.82) is 0 Å². The maximum atomic E-state index is 12.9. The molecule has 4 rings (SSSR count). The van der Waals surface area contributed by atoms with Crippen LogP contribution in [-0.4, -0.2) is 41.8 Å². The Kier molecular flexibility index (Phi) is 7.50. The number of amides is 2. The van der Waals surface area contributed by atoms with Gasteiger partial charge in [-0.3, -0.25) is 4.79 Å². The highest BCUT2D eigenvalue weighted by Crippen LogP contribution is 2.44. The number of carboxylic acid groups (broad SMARTS) is 1. The van der Waals surface area contributed by atoms with Gasteiger partial charge in [0.15, 0.2) is 0 Å². The number of alkyl carbamates (subject to hydrolysis) is 1. The zero-order chi connectivity index (χ0) is 24.1. The van der Waals surface area contributed by atoms with Crippen molar-refractivity contribution in [3.63, 3.8) is 0 Å². The number of nitrogens with one attached hydrogen (secondary N) is 2. The predicted octanol–water partition coefficient (Wildman–Crippen LogP) is 4.45. The second-order valence-corrected chi connectivity index (χ2v) is 9.18. The standard InChI is InChI=1S/C27H32N2O5/c1-2-3-15-23(25(30)29-24(26(31)32)17-9-8-10-17)28-27(33)34-16-22-20-13-6-4-11-18(20)19-12-5-7-14-21(19)22/h4-7,11-14,17,22-24H,2-3,8-10,15-16H2,1H3,(H,28,33)(H,29,30)(H,31,32)/t23-,24?/m0/s1. The normalized spacial score (nSPS) is 16.5. The van der Waals surface area contributed by atoms with Crippen molar-refractivity contribution in [3.8, 4) is 11.1 Å². The van der Waals surface area contributed by atoms with Crippen LogP contribution in [0.25, 0.3) is 11.1 Å². The maximum absolute atomic E-state index is 12.9. The van der Waals surface area contributed by atoms with Gasteiger partial charge >= 0.3 is 12.1 Å². The molecule has 0 bridgehead atoms. The number of carbonyl (C=O) groups is 3. The van der Waals surface area contributed by atoms with Crippen molar-refractivity contribution >= 4 is 18.0 Å². The molecule has 0 saturated heterocycles. The molecule has 2 aliphatic carbocycles. The summed E-state index contributed by atoms with van der Waals surface area (Å²) in [7, 11) is 0. The summed E-state index contributed by atoms with van der Waals surface area (Å²) in [4.78, 5) is 37.2. The molecule has 2 aromatic rings. The first kappa shape index (κ1) is 23.8. The summed E-state index contributed by atoms with van der Waals surface area (Å²) < 4.78 is 5.59. The van der Waals surface area contributed by atoms with E-state index in [1.165, 1.54) is 0 Å². The van der Waals surface area contributed by atoms with E-state index in [1.54, 1.807) is 0 Å². The first-order valence-electron chi connectivity index (χ1n) is 12.1. The van der Waals surface area contributed by atoms with Gasteiger partial charge in [-0.25, -0.2) is 9.59 Å². The smallest absolute Gasteiger partial charge is 0.407 e. The molecule has 1 fully saturated rings. The maximum Gasteiger partial charge on any atom is 0.407 e. The molecule has 0 aliphatic heterocycles. The van der Waals surface area contributed by atoms with Crippen LogP contribution in [-0.2, 0) is 14.3 Å². The molecule has 34 heavy (non-hydrogen) atoms. The van der Waals surface area contributed by atoms with E-state index in [9.17, 15) is 19.5 Å². The van der Waals surface area contributed by atoms with Gasteiger partial charge in [-0.2, -0.15) is 0 Å². The molecule has 0 spiro atoms. The minimum absolute atomic E-state index is 0.0530. The van der Waals surface area contributed by atoms with Crippen LogP contribution >= 0.6 is 0 Å². The van der Waals surface area contributed by atoms with Crippen LogP contribution in [0.1, 0.15) is 62.5 Å². The van der Waals surface area contributed by atoms with Crippen LogP contribution in [0.5, 0.6) is 0 Å². The lowest BCUT2D eigenvalue weighted by atomic mass is 9.79. The Morgan fingerprint density at radius 3 is 2.15 bits per heavy atom. The first-order valence-corrected chi connectivity index (χ1v) is 12.1. The van der Waals surface area contributed by atoms with Crippen LogP contribution in [0, 0.1) is 5.92 Å². The van der Waals surface area contributed by atoms with Crippen molar-refractivity contribution < 1.29 is 24.2 Å². The lowest BCUT2D eigenvalue weighted by Gasteiger charge is -2.32. The molecule has 3 N–H and O–H groups in total. The van der Waals surface area contributed by atoms with Crippen molar-refractivity contribution in [3.05, 3.63) is 59.7 Å². The molecule has 1 unspecified atom stereocenters. The highest BCUT2D eigenvalue weighted by atomic mass is 16.5. The van der Waals surface area contributed by atoms with Crippen molar-refractivity contribution in [2.45, 2.75) is 63.5 Å². The molecular weight excluding hydrogens is 432 g/mol. The number of ether oxygens (including phenoxy) is 1. The quantitative estimate of drug-likeness (QED) is 0.482. The Morgan fingerprint density at radius 1 is 1.00 bits per heavy atom. The molecule has 180 valence electrons. The summed E-state index contributed by atoms with van der Waals surface area (Å²) in [5.74, 6) is -1.63. The van der Waals surface area contributed by atoms with Crippen molar-refractivity contribution in [1.82, 2.24) is 10.6 Å². The molecule has 0 heterocycles. The molecule has 2 aromatic carbocycles. The molecular formula is C27H32N2O5. The third-order valence-corrected chi connectivity index (χ3v) is 6.98. The average molecular weight is 465 g/mol. The first-order chi connectivity index (χ1) is 16.5. The largest absolute Gasteiger partial charge is 0.480 e. The molecule has 7 nitrogen and oxygen atoms in total. The number of benzene rings is 2. The summed E-state index contributed by atoms with van der Waals surface area (Å²) in [6.07, 6.45) is 3.87. The van der Waals surface area contributed by atoms with E-state index >= 15 is 0 Å². The van der Waals surface area contributed by atoms with Gasteiger partial charge < -0.3 is 20.5 Å². The zero-order valence-corrected chi connectivity index (χ0v) is 19.5. The second-order valence-electron chi connectivity index (χ2n) is 9.18. The number of rotatable bonds is 10. The zero-order valence-electron chi connectivity index (χ0n) is 19.5. The number of hydrogen-bond acceptors (Lipinski definition) is 4. The van der Waals surface area contributed by atoms with Crippen LogP contribution in [0.2, 0.25) is 0 Å². The highest BCUT2D eigenvalue weighted by molar-refractivity contribution is 5.89. The minimum atomic E-state index is -1.03. The number of carboxylic acids is 1. The predicted molar refractivity (Wildman–Crippen MR) is 128 cm³/mol. The SMILES string of the molecule is CCCC[C@H](NC(=O)OCC1c2ccccc2-c2ccccc21)C(=O)NC(C(=O)O)C1CCC1. The van der Waals surface area contributed by atoms with Gasteiger partial charge in [0.25, 0.3) is 0 Å². The fourth-order valence-electron chi connectivity index (χ4n) is 4.87. The van der Waals surface area contributed by atoms with E-state index in [0.717, 1.165) is 54.4 Å². The van der Waals surface area contributed by atoms with E-state index in [2.05, 4.69) is 22.8 Å². The fraction of sp³-hybridized carbons (Fsp3) is 0.444. The minimum Gasteiger partial charge on any atom is -0.480 e. The number of fused-ring (bicyclic) bond motifs is 3. The number of hydrogen-bond donors (Lipinski definition) is 3. The van der Waals surface area contributed by atoms with Gasteiger partial charge in [-0.05, 0) is 47.4 Å². The van der Waals surface area contributed by atoms with E-state index in [0.29, 0.717) is 6.42 Å². The molecule has 0 aromatic heterocycles.